The summed E-state index contributed by atoms with van der Waals surface area (Å²) in [7, 11) is 0. The van der Waals surface area contributed by atoms with E-state index in [1.54, 1.807) is 0 Å². The van der Waals surface area contributed by atoms with Crippen molar-refractivity contribution in [1.29, 1.82) is 0 Å². The predicted octanol–water partition coefficient (Wildman–Crippen LogP) is 4.56. The van der Waals surface area contributed by atoms with E-state index in [1.165, 1.54) is 5.56 Å². The first-order valence-electron chi connectivity index (χ1n) is 9.76. The van der Waals surface area contributed by atoms with Gasteiger partial charge >= 0.3 is 0 Å². The number of halogens is 2. The highest BCUT2D eigenvalue weighted by molar-refractivity contribution is 6.42. The molecule has 4 rings (SSSR count). The lowest BCUT2D eigenvalue weighted by Crippen LogP contribution is -2.51. The van der Waals surface area contributed by atoms with Crippen LogP contribution in [0.5, 0.6) is 0 Å². The standard InChI is InChI=1S/C22H26Cl2N2O/c23-20-6-5-17(14-21(20)24)16-3-1-4-18(13-16)19(22(27)7-2-8-22)15-26-11-9-25-10-12-26/h1,3-6,13-14,19,25,27H,2,7-12,15H2/t19-/m1/s1. The molecular formula is C22H26Cl2N2O. The Balaban J connectivity index is 1.64. The summed E-state index contributed by atoms with van der Waals surface area (Å²) < 4.78 is 0. The molecule has 2 aromatic carbocycles. The molecule has 0 spiro atoms. The van der Waals surface area contributed by atoms with Crippen molar-refractivity contribution in [3.8, 4) is 11.1 Å². The summed E-state index contributed by atoms with van der Waals surface area (Å²) in [6, 6.07) is 14.3. The largest absolute Gasteiger partial charge is 0.389 e. The zero-order valence-corrected chi connectivity index (χ0v) is 16.9. The molecule has 1 saturated carbocycles. The fourth-order valence-corrected chi connectivity index (χ4v) is 4.53. The van der Waals surface area contributed by atoms with Gasteiger partial charge in [-0.15, -0.1) is 0 Å². The number of piperazine rings is 1. The van der Waals surface area contributed by atoms with E-state index in [-0.39, 0.29) is 5.92 Å². The number of aliphatic hydroxyl groups is 1. The summed E-state index contributed by atoms with van der Waals surface area (Å²) in [5, 5.41) is 15.8. The molecule has 1 atom stereocenters. The minimum absolute atomic E-state index is 0.132. The van der Waals surface area contributed by atoms with Crippen LogP contribution in [0.15, 0.2) is 42.5 Å². The molecule has 3 nitrogen and oxygen atoms in total. The number of benzene rings is 2. The Bertz CT molecular complexity index is 801. The average molecular weight is 405 g/mol. The van der Waals surface area contributed by atoms with Crippen LogP contribution in [0.2, 0.25) is 10.0 Å². The molecule has 0 amide bonds. The molecule has 1 saturated heterocycles. The second-order valence-electron chi connectivity index (χ2n) is 7.81. The summed E-state index contributed by atoms with van der Waals surface area (Å²) in [6.07, 6.45) is 2.89. The Morgan fingerprint density at radius 2 is 1.74 bits per heavy atom. The highest BCUT2D eigenvalue weighted by atomic mass is 35.5. The second kappa shape index (κ2) is 8.10. The lowest BCUT2D eigenvalue weighted by atomic mass is 9.68. The maximum absolute atomic E-state index is 11.2. The van der Waals surface area contributed by atoms with E-state index >= 15 is 0 Å². The van der Waals surface area contributed by atoms with Gasteiger partial charge in [0.2, 0.25) is 0 Å². The van der Waals surface area contributed by atoms with E-state index in [4.69, 9.17) is 23.2 Å². The quantitative estimate of drug-likeness (QED) is 0.766. The zero-order valence-electron chi connectivity index (χ0n) is 15.4. The van der Waals surface area contributed by atoms with Gasteiger partial charge in [-0.3, -0.25) is 0 Å². The van der Waals surface area contributed by atoms with Crippen LogP contribution in [0.25, 0.3) is 11.1 Å². The number of hydrogen-bond donors (Lipinski definition) is 2. The minimum atomic E-state index is -0.582. The third kappa shape index (κ3) is 4.18. The smallest absolute Gasteiger partial charge is 0.0728 e. The molecular weight excluding hydrogens is 379 g/mol. The fourth-order valence-electron chi connectivity index (χ4n) is 4.24. The topological polar surface area (TPSA) is 35.5 Å². The van der Waals surface area contributed by atoms with Crippen LogP contribution in [0, 0.1) is 0 Å². The Hall–Kier alpha value is -1.10. The lowest BCUT2D eigenvalue weighted by Gasteiger charge is -2.46. The predicted molar refractivity (Wildman–Crippen MR) is 113 cm³/mol. The van der Waals surface area contributed by atoms with Crippen LogP contribution < -0.4 is 5.32 Å². The molecule has 1 aliphatic heterocycles. The van der Waals surface area contributed by atoms with E-state index in [1.807, 2.05) is 18.2 Å². The summed E-state index contributed by atoms with van der Waals surface area (Å²) in [5.74, 6) is 0.132. The van der Waals surface area contributed by atoms with Crippen LogP contribution in [0.4, 0.5) is 0 Å². The van der Waals surface area contributed by atoms with Crippen molar-refractivity contribution in [2.75, 3.05) is 32.7 Å². The Morgan fingerprint density at radius 3 is 2.41 bits per heavy atom. The van der Waals surface area contributed by atoms with E-state index in [9.17, 15) is 5.11 Å². The third-order valence-corrected chi connectivity index (χ3v) is 6.80. The van der Waals surface area contributed by atoms with Gasteiger partial charge in [0.1, 0.15) is 0 Å². The molecule has 0 bridgehead atoms. The van der Waals surface area contributed by atoms with E-state index in [2.05, 4.69) is 34.5 Å². The maximum Gasteiger partial charge on any atom is 0.0728 e. The van der Waals surface area contributed by atoms with Crippen molar-refractivity contribution in [2.45, 2.75) is 30.8 Å². The highest BCUT2D eigenvalue weighted by Crippen LogP contribution is 2.44. The Morgan fingerprint density at radius 1 is 1.00 bits per heavy atom. The van der Waals surface area contributed by atoms with Crippen molar-refractivity contribution >= 4 is 23.2 Å². The summed E-state index contributed by atoms with van der Waals surface area (Å²) in [5.41, 5.74) is 2.78. The van der Waals surface area contributed by atoms with E-state index in [0.717, 1.165) is 63.1 Å². The average Bonchev–Trinajstić information content (AvgIpc) is 2.67. The molecule has 2 fully saturated rings. The first-order chi connectivity index (χ1) is 13.0. The van der Waals surface area contributed by atoms with Crippen LogP contribution >= 0.6 is 23.2 Å². The summed E-state index contributed by atoms with van der Waals surface area (Å²) in [6.45, 7) is 5.03. The minimum Gasteiger partial charge on any atom is -0.389 e. The molecule has 0 radical (unpaired) electrons. The summed E-state index contributed by atoms with van der Waals surface area (Å²) >= 11 is 12.3. The maximum atomic E-state index is 11.2. The monoisotopic (exact) mass is 404 g/mol. The molecule has 2 aromatic rings. The number of rotatable bonds is 5. The summed E-state index contributed by atoms with van der Waals surface area (Å²) in [4.78, 5) is 2.48. The van der Waals surface area contributed by atoms with Gasteiger partial charge in [-0.05, 0) is 48.1 Å². The van der Waals surface area contributed by atoms with Gasteiger partial charge in [0.15, 0.2) is 0 Å². The van der Waals surface area contributed by atoms with Gasteiger partial charge in [-0.1, -0.05) is 53.5 Å². The van der Waals surface area contributed by atoms with Crippen LogP contribution in [0.1, 0.15) is 30.7 Å². The third-order valence-electron chi connectivity index (χ3n) is 6.06. The van der Waals surface area contributed by atoms with Crippen LogP contribution in [-0.2, 0) is 0 Å². The lowest BCUT2D eigenvalue weighted by molar-refractivity contribution is -0.0652. The van der Waals surface area contributed by atoms with Gasteiger partial charge < -0.3 is 15.3 Å². The number of nitrogens with one attached hydrogen (secondary N) is 1. The molecule has 27 heavy (non-hydrogen) atoms. The van der Waals surface area contributed by atoms with Gasteiger partial charge in [-0.25, -0.2) is 0 Å². The molecule has 1 aliphatic carbocycles. The van der Waals surface area contributed by atoms with Crippen LogP contribution in [-0.4, -0.2) is 48.3 Å². The molecule has 0 unspecified atom stereocenters. The van der Waals surface area contributed by atoms with Gasteiger partial charge in [-0.2, -0.15) is 0 Å². The second-order valence-corrected chi connectivity index (χ2v) is 8.63. The van der Waals surface area contributed by atoms with Crippen molar-refractivity contribution in [3.05, 3.63) is 58.1 Å². The van der Waals surface area contributed by atoms with Crippen molar-refractivity contribution in [2.24, 2.45) is 0 Å². The van der Waals surface area contributed by atoms with Crippen molar-refractivity contribution in [3.63, 3.8) is 0 Å². The zero-order chi connectivity index (χ0) is 18.9. The van der Waals surface area contributed by atoms with Gasteiger partial charge in [0, 0.05) is 38.6 Å². The number of nitrogens with zero attached hydrogens (tertiary/aromatic N) is 1. The molecule has 144 valence electrons. The van der Waals surface area contributed by atoms with Gasteiger partial charge in [0.25, 0.3) is 0 Å². The molecule has 5 heteroatoms. The van der Waals surface area contributed by atoms with Crippen LogP contribution in [0.3, 0.4) is 0 Å². The van der Waals surface area contributed by atoms with Gasteiger partial charge in [0.05, 0.1) is 15.6 Å². The molecule has 2 N–H and O–H groups in total. The van der Waals surface area contributed by atoms with E-state index in [0.29, 0.717) is 10.0 Å². The Kier molecular flexibility index (Phi) is 5.77. The molecule has 2 aliphatic rings. The molecule has 1 heterocycles. The highest BCUT2D eigenvalue weighted by Gasteiger charge is 2.43. The van der Waals surface area contributed by atoms with Crippen molar-refractivity contribution < 1.29 is 5.11 Å². The first kappa shape index (κ1) is 19.2. The fraction of sp³-hybridized carbons (Fsp3) is 0.455. The Labute approximate surface area is 171 Å². The number of hydrogen-bond acceptors (Lipinski definition) is 3. The van der Waals surface area contributed by atoms with E-state index < -0.39 is 5.60 Å². The first-order valence-corrected chi connectivity index (χ1v) is 10.5. The SMILES string of the molecule is OC1([C@H](CN2CCNCC2)c2cccc(-c3ccc(Cl)c(Cl)c3)c2)CCC1. The van der Waals surface area contributed by atoms with Crippen molar-refractivity contribution in [1.82, 2.24) is 10.2 Å². The molecule has 0 aromatic heterocycles. The normalized spacial score (nSPS) is 20.9.